The number of phenolic OH excluding ortho intramolecular Hbond substituents is 1. The van der Waals surface area contributed by atoms with Crippen molar-refractivity contribution in [3.05, 3.63) is 29.3 Å². The highest BCUT2D eigenvalue weighted by Gasteiger charge is 2.30. The van der Waals surface area contributed by atoms with Crippen LogP contribution in [0.15, 0.2) is 18.2 Å². The summed E-state index contributed by atoms with van der Waals surface area (Å²) in [5.41, 5.74) is 1.67. The molecule has 0 aromatic heterocycles. The molecule has 4 nitrogen and oxygen atoms in total. The van der Waals surface area contributed by atoms with E-state index in [0.29, 0.717) is 0 Å². The first kappa shape index (κ1) is 17.2. The van der Waals surface area contributed by atoms with Gasteiger partial charge in [-0.1, -0.05) is 6.07 Å². The molecule has 1 aromatic rings. The fraction of sp³-hybridized carbons (Fsp3) is 0.600. The fourth-order valence-electron chi connectivity index (χ4n) is 2.71. The van der Waals surface area contributed by atoms with E-state index in [9.17, 15) is 10.2 Å². The Labute approximate surface area is 126 Å². The monoisotopic (exact) mass is 301 g/mol. The lowest BCUT2D eigenvalue weighted by atomic mass is 9.99. The summed E-state index contributed by atoms with van der Waals surface area (Å²) in [6.07, 6.45) is -0.264. The van der Waals surface area contributed by atoms with Crippen LogP contribution in [0.25, 0.3) is 0 Å². The molecular weight excluding hydrogens is 278 g/mol. The van der Waals surface area contributed by atoms with E-state index in [4.69, 9.17) is 4.74 Å². The molecule has 0 saturated carbocycles. The van der Waals surface area contributed by atoms with Crippen LogP contribution in [-0.2, 0) is 4.74 Å². The minimum Gasteiger partial charge on any atom is -1.00 e. The Morgan fingerprint density at radius 3 is 2.70 bits per heavy atom. The molecule has 20 heavy (non-hydrogen) atoms. The second-order valence-electron chi connectivity index (χ2n) is 5.57. The molecule has 4 unspecified atom stereocenters. The highest BCUT2D eigenvalue weighted by atomic mass is 35.5. The van der Waals surface area contributed by atoms with Crippen LogP contribution in [0.4, 0.5) is 0 Å². The number of morpholine rings is 1. The lowest BCUT2D eigenvalue weighted by Crippen LogP contribution is -3.18. The van der Waals surface area contributed by atoms with Gasteiger partial charge in [0.05, 0.1) is 6.61 Å². The van der Waals surface area contributed by atoms with Crippen LogP contribution in [-0.4, -0.2) is 42.1 Å². The number of aryl methyl sites for hydroxylation is 1. The van der Waals surface area contributed by atoms with Crippen molar-refractivity contribution in [1.82, 2.24) is 0 Å². The molecular formula is C15H24ClNO3. The van der Waals surface area contributed by atoms with Crippen molar-refractivity contribution < 1.29 is 32.3 Å². The first-order valence-electron chi connectivity index (χ1n) is 6.92. The predicted octanol–water partition coefficient (Wildman–Crippen LogP) is -2.57. The number of ether oxygens (including phenoxy) is 1. The number of nitrogens with one attached hydrogen (secondary N) is 1. The maximum Gasteiger partial charge on any atom is 0.130 e. The van der Waals surface area contributed by atoms with Crippen molar-refractivity contribution in [1.29, 1.82) is 0 Å². The molecule has 1 heterocycles. The second-order valence-corrected chi connectivity index (χ2v) is 5.57. The molecule has 114 valence electrons. The molecule has 0 spiro atoms. The van der Waals surface area contributed by atoms with Gasteiger partial charge in [-0.25, -0.2) is 0 Å². The number of aliphatic hydroxyl groups excluding tert-OH is 1. The van der Waals surface area contributed by atoms with Crippen molar-refractivity contribution in [2.75, 3.05) is 19.7 Å². The number of aliphatic hydroxyl groups is 1. The summed E-state index contributed by atoms with van der Waals surface area (Å²) >= 11 is 0. The van der Waals surface area contributed by atoms with Crippen molar-refractivity contribution >= 4 is 0 Å². The van der Waals surface area contributed by atoms with E-state index < -0.39 is 6.10 Å². The lowest BCUT2D eigenvalue weighted by Gasteiger charge is -2.34. The van der Waals surface area contributed by atoms with Crippen LogP contribution < -0.4 is 17.3 Å². The maximum absolute atomic E-state index is 10.5. The van der Waals surface area contributed by atoms with Crippen LogP contribution in [0.2, 0.25) is 0 Å². The molecule has 1 saturated heterocycles. The van der Waals surface area contributed by atoms with E-state index >= 15 is 0 Å². The van der Waals surface area contributed by atoms with Gasteiger partial charge in [0.1, 0.15) is 37.1 Å². The van der Waals surface area contributed by atoms with Gasteiger partial charge in [-0.15, -0.1) is 0 Å². The minimum atomic E-state index is -0.514. The van der Waals surface area contributed by atoms with E-state index in [-0.39, 0.29) is 30.3 Å². The SMILES string of the molecule is Cc1cc(C(O)C(C)[NH+]2CCOC(C)C2)ccc1O.[Cl-]. The Morgan fingerprint density at radius 2 is 2.10 bits per heavy atom. The summed E-state index contributed by atoms with van der Waals surface area (Å²) in [6, 6.07) is 5.43. The smallest absolute Gasteiger partial charge is 0.130 e. The molecule has 1 aromatic carbocycles. The number of halogens is 1. The van der Waals surface area contributed by atoms with Gasteiger partial charge in [0.15, 0.2) is 0 Å². The zero-order chi connectivity index (χ0) is 14.0. The molecule has 1 aliphatic rings. The lowest BCUT2D eigenvalue weighted by molar-refractivity contribution is -0.938. The number of hydrogen-bond acceptors (Lipinski definition) is 3. The second kappa shape index (κ2) is 7.27. The van der Waals surface area contributed by atoms with Crippen LogP contribution >= 0.6 is 0 Å². The van der Waals surface area contributed by atoms with Gasteiger partial charge in [0.25, 0.3) is 0 Å². The Hall–Kier alpha value is -0.810. The maximum atomic E-state index is 10.5. The zero-order valence-electron chi connectivity index (χ0n) is 12.3. The number of phenols is 1. The third-order valence-corrected chi connectivity index (χ3v) is 4.06. The third kappa shape index (κ3) is 3.85. The van der Waals surface area contributed by atoms with E-state index in [2.05, 4.69) is 13.8 Å². The normalized spacial score (nSPS) is 25.6. The molecule has 2 rings (SSSR count). The van der Waals surface area contributed by atoms with Crippen LogP contribution in [0.1, 0.15) is 31.1 Å². The van der Waals surface area contributed by atoms with Gasteiger partial charge in [0.2, 0.25) is 0 Å². The predicted molar refractivity (Wildman–Crippen MR) is 73.4 cm³/mol. The molecule has 1 fully saturated rings. The largest absolute Gasteiger partial charge is 1.00 e. The van der Waals surface area contributed by atoms with Crippen molar-refractivity contribution in [2.24, 2.45) is 0 Å². The topological polar surface area (TPSA) is 54.1 Å². The van der Waals surface area contributed by atoms with Crippen LogP contribution in [0.3, 0.4) is 0 Å². The molecule has 0 radical (unpaired) electrons. The fourth-order valence-corrected chi connectivity index (χ4v) is 2.71. The Balaban J connectivity index is 0.00000200. The number of hydrogen-bond donors (Lipinski definition) is 3. The van der Waals surface area contributed by atoms with Gasteiger partial charge >= 0.3 is 0 Å². The third-order valence-electron chi connectivity index (χ3n) is 4.06. The van der Waals surface area contributed by atoms with E-state index in [1.807, 2.05) is 13.0 Å². The molecule has 0 aliphatic carbocycles. The van der Waals surface area contributed by atoms with Crippen LogP contribution in [0.5, 0.6) is 5.75 Å². The van der Waals surface area contributed by atoms with Gasteiger partial charge < -0.3 is 32.3 Å². The highest BCUT2D eigenvalue weighted by molar-refractivity contribution is 5.36. The molecule has 4 atom stereocenters. The number of benzene rings is 1. The quantitative estimate of drug-likeness (QED) is 0.575. The molecule has 0 bridgehead atoms. The number of quaternary nitrogens is 1. The summed E-state index contributed by atoms with van der Waals surface area (Å²) < 4.78 is 5.54. The number of rotatable bonds is 3. The van der Waals surface area contributed by atoms with E-state index in [1.165, 1.54) is 4.90 Å². The summed E-state index contributed by atoms with van der Waals surface area (Å²) in [7, 11) is 0. The number of aromatic hydroxyl groups is 1. The van der Waals surface area contributed by atoms with Gasteiger partial charge in [0, 0.05) is 0 Å². The first-order chi connectivity index (χ1) is 8.99. The molecule has 0 amide bonds. The van der Waals surface area contributed by atoms with Gasteiger partial charge in [-0.3, -0.25) is 0 Å². The Morgan fingerprint density at radius 1 is 1.40 bits per heavy atom. The standard InChI is InChI=1S/C15H23NO3.ClH/c1-10-8-13(4-5-14(10)17)15(18)12(3)16-6-7-19-11(2)9-16;/h4-5,8,11-12,15,17-18H,6-7,9H2,1-3H3;1H. The van der Waals surface area contributed by atoms with Crippen molar-refractivity contribution in [3.63, 3.8) is 0 Å². The highest BCUT2D eigenvalue weighted by Crippen LogP contribution is 2.22. The molecule has 1 aliphatic heterocycles. The Bertz CT molecular complexity index is 441. The summed E-state index contributed by atoms with van der Waals surface area (Å²) in [6.45, 7) is 8.60. The summed E-state index contributed by atoms with van der Waals surface area (Å²) in [4.78, 5) is 1.37. The van der Waals surface area contributed by atoms with Crippen molar-refractivity contribution in [3.8, 4) is 5.75 Å². The zero-order valence-corrected chi connectivity index (χ0v) is 13.0. The van der Waals surface area contributed by atoms with Gasteiger partial charge in [-0.05, 0) is 44.0 Å². The molecule has 5 heteroatoms. The first-order valence-corrected chi connectivity index (χ1v) is 6.92. The van der Waals surface area contributed by atoms with E-state index in [1.54, 1.807) is 12.1 Å². The average molecular weight is 302 g/mol. The van der Waals surface area contributed by atoms with Gasteiger partial charge in [-0.2, -0.15) is 0 Å². The summed E-state index contributed by atoms with van der Waals surface area (Å²) in [5.74, 6) is 0.274. The van der Waals surface area contributed by atoms with Crippen molar-refractivity contribution in [2.45, 2.75) is 39.0 Å². The Kier molecular flexibility index (Phi) is 6.27. The van der Waals surface area contributed by atoms with Crippen LogP contribution in [0, 0.1) is 6.92 Å². The summed E-state index contributed by atoms with van der Waals surface area (Å²) in [5, 5.41) is 20.0. The minimum absolute atomic E-state index is 0. The van der Waals surface area contributed by atoms with E-state index in [0.717, 1.165) is 30.8 Å². The molecule has 3 N–H and O–H groups in total. The average Bonchev–Trinajstić information content (AvgIpc) is 2.40.